The van der Waals surface area contributed by atoms with Crippen LogP contribution < -0.4 is 0 Å². The van der Waals surface area contributed by atoms with Gasteiger partial charge in [-0.3, -0.25) is 4.68 Å². The summed E-state index contributed by atoms with van der Waals surface area (Å²) in [5.74, 6) is -0.930. The first-order chi connectivity index (χ1) is 8.63. The molecule has 18 heavy (non-hydrogen) atoms. The first-order valence-corrected chi connectivity index (χ1v) is 5.97. The van der Waals surface area contributed by atoms with E-state index in [4.69, 9.17) is 5.11 Å². The average Bonchev–Trinajstić information content (AvgIpc) is 3.08. The van der Waals surface area contributed by atoms with Crippen LogP contribution in [0.3, 0.4) is 0 Å². The van der Waals surface area contributed by atoms with E-state index >= 15 is 0 Å². The third kappa shape index (κ3) is 1.53. The van der Waals surface area contributed by atoms with Gasteiger partial charge in [-0.05, 0) is 24.5 Å². The number of benzene rings is 1. The molecule has 3 rings (SSSR count). The maximum absolute atomic E-state index is 11.1. The standard InChI is InChI=1S/C14H14N2O2/c1-16-11(13(17)18)9-12(15-16)14(7-8-14)10-5-3-2-4-6-10/h2-6,9H,7-8H2,1H3,(H,17,18). The summed E-state index contributed by atoms with van der Waals surface area (Å²) in [4.78, 5) is 11.1. The molecule has 0 atom stereocenters. The van der Waals surface area contributed by atoms with Crippen LogP contribution in [0.25, 0.3) is 0 Å². The topological polar surface area (TPSA) is 55.1 Å². The second kappa shape index (κ2) is 3.70. The zero-order valence-corrected chi connectivity index (χ0v) is 10.1. The van der Waals surface area contributed by atoms with Gasteiger partial charge in [0.25, 0.3) is 0 Å². The molecule has 1 N–H and O–H groups in total. The Kier molecular flexibility index (Phi) is 2.26. The van der Waals surface area contributed by atoms with Crippen molar-refractivity contribution in [2.24, 2.45) is 7.05 Å². The van der Waals surface area contributed by atoms with E-state index in [1.165, 1.54) is 10.2 Å². The largest absolute Gasteiger partial charge is 0.477 e. The van der Waals surface area contributed by atoms with E-state index in [2.05, 4.69) is 17.2 Å². The highest BCUT2D eigenvalue weighted by molar-refractivity contribution is 5.85. The normalized spacial score (nSPS) is 16.5. The number of carboxylic acids is 1. The first-order valence-electron chi connectivity index (χ1n) is 5.97. The number of hydrogen-bond acceptors (Lipinski definition) is 2. The smallest absolute Gasteiger partial charge is 0.354 e. The monoisotopic (exact) mass is 242 g/mol. The van der Waals surface area contributed by atoms with Crippen LogP contribution in [0.2, 0.25) is 0 Å². The molecular weight excluding hydrogens is 228 g/mol. The van der Waals surface area contributed by atoms with Crippen molar-refractivity contribution in [3.8, 4) is 0 Å². The van der Waals surface area contributed by atoms with Crippen LogP contribution in [0.4, 0.5) is 0 Å². The van der Waals surface area contributed by atoms with E-state index in [0.717, 1.165) is 18.5 Å². The fourth-order valence-corrected chi connectivity index (χ4v) is 2.48. The molecule has 1 aliphatic rings. The fourth-order valence-electron chi connectivity index (χ4n) is 2.48. The van der Waals surface area contributed by atoms with Gasteiger partial charge in [-0.25, -0.2) is 4.79 Å². The average molecular weight is 242 g/mol. The van der Waals surface area contributed by atoms with Gasteiger partial charge in [0.15, 0.2) is 0 Å². The second-order valence-corrected chi connectivity index (χ2v) is 4.79. The van der Waals surface area contributed by atoms with Crippen molar-refractivity contribution in [3.63, 3.8) is 0 Å². The number of carbonyl (C=O) groups is 1. The van der Waals surface area contributed by atoms with Gasteiger partial charge in [-0.15, -0.1) is 0 Å². The lowest BCUT2D eigenvalue weighted by molar-refractivity contribution is 0.0685. The van der Waals surface area contributed by atoms with Gasteiger partial charge < -0.3 is 5.11 Å². The van der Waals surface area contributed by atoms with Gasteiger partial charge in [-0.2, -0.15) is 5.10 Å². The van der Waals surface area contributed by atoms with Crippen molar-refractivity contribution >= 4 is 5.97 Å². The molecule has 1 aromatic carbocycles. The van der Waals surface area contributed by atoms with Crippen LogP contribution >= 0.6 is 0 Å². The lowest BCUT2D eigenvalue weighted by Gasteiger charge is -2.12. The highest BCUT2D eigenvalue weighted by atomic mass is 16.4. The Morgan fingerprint density at radius 3 is 2.50 bits per heavy atom. The molecule has 4 nitrogen and oxygen atoms in total. The number of nitrogens with zero attached hydrogens (tertiary/aromatic N) is 2. The summed E-state index contributed by atoms with van der Waals surface area (Å²) in [7, 11) is 1.67. The Morgan fingerprint density at radius 2 is 2.00 bits per heavy atom. The number of hydrogen-bond donors (Lipinski definition) is 1. The molecule has 1 saturated carbocycles. The molecular formula is C14H14N2O2. The molecule has 0 radical (unpaired) electrons. The molecule has 0 unspecified atom stereocenters. The number of aromatic carboxylic acids is 1. The minimum Gasteiger partial charge on any atom is -0.477 e. The Morgan fingerprint density at radius 1 is 1.33 bits per heavy atom. The zero-order valence-electron chi connectivity index (χ0n) is 10.1. The molecule has 0 amide bonds. The highest BCUT2D eigenvalue weighted by Crippen LogP contribution is 2.52. The summed E-state index contributed by atoms with van der Waals surface area (Å²) in [6, 6.07) is 11.9. The molecule has 1 aliphatic carbocycles. The molecule has 0 aliphatic heterocycles. The van der Waals surface area contributed by atoms with Gasteiger partial charge in [0, 0.05) is 12.5 Å². The summed E-state index contributed by atoms with van der Waals surface area (Å²) in [5, 5.41) is 13.5. The number of carboxylic acid groups (broad SMARTS) is 1. The maximum atomic E-state index is 11.1. The molecule has 0 bridgehead atoms. The summed E-state index contributed by atoms with van der Waals surface area (Å²) in [6.45, 7) is 0. The van der Waals surface area contributed by atoms with Crippen LogP contribution in [0.5, 0.6) is 0 Å². The zero-order chi connectivity index (χ0) is 12.8. The van der Waals surface area contributed by atoms with E-state index in [9.17, 15) is 4.79 Å². The predicted molar refractivity (Wildman–Crippen MR) is 66.6 cm³/mol. The third-order valence-electron chi connectivity index (χ3n) is 3.67. The Hall–Kier alpha value is -2.10. The quantitative estimate of drug-likeness (QED) is 0.897. The molecule has 0 spiro atoms. The molecule has 1 heterocycles. The summed E-state index contributed by atoms with van der Waals surface area (Å²) in [6.07, 6.45) is 2.07. The summed E-state index contributed by atoms with van der Waals surface area (Å²) >= 11 is 0. The molecule has 92 valence electrons. The molecule has 1 fully saturated rings. The van der Waals surface area contributed by atoms with Crippen LogP contribution in [-0.2, 0) is 12.5 Å². The second-order valence-electron chi connectivity index (χ2n) is 4.79. The van der Waals surface area contributed by atoms with Crippen molar-refractivity contribution in [3.05, 3.63) is 53.3 Å². The molecule has 1 aromatic heterocycles. The maximum Gasteiger partial charge on any atom is 0.354 e. The number of aryl methyl sites for hydroxylation is 1. The minimum absolute atomic E-state index is 0.0628. The summed E-state index contributed by atoms with van der Waals surface area (Å²) < 4.78 is 1.45. The van der Waals surface area contributed by atoms with E-state index in [1.807, 2.05) is 18.2 Å². The minimum atomic E-state index is -0.930. The lowest BCUT2D eigenvalue weighted by atomic mass is 9.92. The van der Waals surface area contributed by atoms with Crippen LogP contribution in [-0.4, -0.2) is 20.9 Å². The Balaban J connectivity index is 2.06. The van der Waals surface area contributed by atoms with Crippen LogP contribution in [0, 0.1) is 0 Å². The predicted octanol–water partition coefficient (Wildman–Crippen LogP) is 2.20. The summed E-state index contributed by atoms with van der Waals surface area (Å²) in [5.41, 5.74) is 2.27. The molecule has 2 aromatic rings. The van der Waals surface area contributed by atoms with E-state index in [-0.39, 0.29) is 11.1 Å². The van der Waals surface area contributed by atoms with Gasteiger partial charge in [0.1, 0.15) is 5.69 Å². The lowest BCUT2D eigenvalue weighted by Crippen LogP contribution is -2.09. The van der Waals surface area contributed by atoms with Crippen molar-refractivity contribution < 1.29 is 9.90 Å². The fraction of sp³-hybridized carbons (Fsp3) is 0.286. The van der Waals surface area contributed by atoms with E-state index in [1.54, 1.807) is 13.1 Å². The highest BCUT2D eigenvalue weighted by Gasteiger charge is 2.48. The van der Waals surface area contributed by atoms with E-state index in [0.29, 0.717) is 0 Å². The SMILES string of the molecule is Cn1nc(C2(c3ccccc3)CC2)cc1C(=O)O. The first kappa shape index (κ1) is 11.0. The van der Waals surface area contributed by atoms with E-state index < -0.39 is 5.97 Å². The van der Waals surface area contributed by atoms with Gasteiger partial charge in [-0.1, -0.05) is 30.3 Å². The van der Waals surface area contributed by atoms with Gasteiger partial charge in [0.2, 0.25) is 0 Å². The third-order valence-corrected chi connectivity index (χ3v) is 3.67. The van der Waals surface area contributed by atoms with Crippen LogP contribution in [0.15, 0.2) is 36.4 Å². The molecule has 4 heteroatoms. The Labute approximate surface area is 105 Å². The van der Waals surface area contributed by atoms with Crippen molar-refractivity contribution in [1.29, 1.82) is 0 Å². The van der Waals surface area contributed by atoms with Gasteiger partial charge >= 0.3 is 5.97 Å². The molecule has 0 saturated heterocycles. The number of aromatic nitrogens is 2. The van der Waals surface area contributed by atoms with Gasteiger partial charge in [0.05, 0.1) is 5.69 Å². The van der Waals surface area contributed by atoms with Crippen molar-refractivity contribution in [2.75, 3.05) is 0 Å². The van der Waals surface area contributed by atoms with Crippen LogP contribution in [0.1, 0.15) is 34.6 Å². The Bertz CT molecular complexity index is 598. The number of rotatable bonds is 3. The van der Waals surface area contributed by atoms with Crippen molar-refractivity contribution in [2.45, 2.75) is 18.3 Å². The van der Waals surface area contributed by atoms with Crippen molar-refractivity contribution in [1.82, 2.24) is 9.78 Å².